The fraction of sp³-hybridized carbons (Fsp3) is 0.278. The Labute approximate surface area is 242 Å². The molecule has 0 aromatic carbocycles. The summed E-state index contributed by atoms with van der Waals surface area (Å²) < 4.78 is 0. The van der Waals surface area contributed by atoms with Gasteiger partial charge in [0, 0.05) is 24.2 Å². The molecule has 0 fully saturated rings. The van der Waals surface area contributed by atoms with Gasteiger partial charge in [-0.15, -0.1) is 0 Å². The van der Waals surface area contributed by atoms with Crippen molar-refractivity contribution in [3.05, 3.63) is 144 Å². The summed E-state index contributed by atoms with van der Waals surface area (Å²) in [5, 5.41) is 5.97. The minimum atomic E-state index is -0.0624. The van der Waals surface area contributed by atoms with Crippen LogP contribution < -0.4 is 10.6 Å². The van der Waals surface area contributed by atoms with Gasteiger partial charge in [-0.25, -0.2) is 0 Å². The number of hydrogen-bond donors (Lipinski definition) is 2. The first kappa shape index (κ1) is 33.8. The average Bonchev–Trinajstić information content (AvgIpc) is 2.92. The summed E-state index contributed by atoms with van der Waals surface area (Å²) >= 11 is 0. The van der Waals surface area contributed by atoms with E-state index in [-0.39, 0.29) is 23.7 Å². The van der Waals surface area contributed by atoms with E-state index in [1.54, 1.807) is 0 Å². The van der Waals surface area contributed by atoms with E-state index < -0.39 is 0 Å². The van der Waals surface area contributed by atoms with Gasteiger partial charge in [-0.3, -0.25) is 9.59 Å². The van der Waals surface area contributed by atoms with Crippen molar-refractivity contribution in [3.63, 3.8) is 0 Å². The minimum absolute atomic E-state index is 0.0624. The van der Waals surface area contributed by atoms with Crippen LogP contribution in [0, 0.1) is 11.8 Å². The maximum atomic E-state index is 12.4. The maximum Gasteiger partial charge on any atom is 0.246 e. The average molecular weight is 539 g/mol. The molecular formula is C36H46N2O2. The van der Waals surface area contributed by atoms with Crippen molar-refractivity contribution >= 4 is 11.8 Å². The van der Waals surface area contributed by atoms with Gasteiger partial charge >= 0.3 is 0 Å². The number of amides is 2. The van der Waals surface area contributed by atoms with Crippen LogP contribution in [0.15, 0.2) is 144 Å². The molecule has 212 valence electrons. The van der Waals surface area contributed by atoms with E-state index in [4.69, 9.17) is 0 Å². The Morgan fingerprint density at radius 2 is 0.850 bits per heavy atom. The van der Waals surface area contributed by atoms with Gasteiger partial charge < -0.3 is 10.6 Å². The third kappa shape index (κ3) is 17.4. The molecule has 0 bridgehead atoms. The number of carbonyl (C=O) groups excluding carboxylic acids is 2. The summed E-state index contributed by atoms with van der Waals surface area (Å²) in [5.41, 5.74) is 3.49. The molecule has 0 aliphatic carbocycles. The van der Waals surface area contributed by atoms with E-state index in [0.717, 1.165) is 11.1 Å². The monoisotopic (exact) mass is 538 g/mol. The molecular weight excluding hydrogens is 492 g/mol. The number of rotatable bonds is 0. The van der Waals surface area contributed by atoms with Crippen LogP contribution in [-0.2, 0) is 9.59 Å². The Morgan fingerprint density at radius 1 is 0.500 bits per heavy atom. The molecule has 0 aromatic heterocycles. The summed E-state index contributed by atoms with van der Waals surface area (Å²) in [6.45, 7) is 12.9. The van der Waals surface area contributed by atoms with Crippen molar-refractivity contribution < 1.29 is 9.59 Å². The van der Waals surface area contributed by atoms with Crippen molar-refractivity contribution in [2.45, 2.75) is 41.5 Å². The fourth-order valence-electron chi connectivity index (χ4n) is 3.18. The molecule has 1 aliphatic heterocycles. The lowest BCUT2D eigenvalue weighted by Gasteiger charge is -2.08. The zero-order valence-electron chi connectivity index (χ0n) is 24.9. The molecule has 0 unspecified atom stereocenters. The van der Waals surface area contributed by atoms with E-state index in [2.05, 4.69) is 36.6 Å². The van der Waals surface area contributed by atoms with Gasteiger partial charge in [0.2, 0.25) is 11.8 Å². The first-order chi connectivity index (χ1) is 19.2. The molecule has 0 radical (unpaired) electrons. The van der Waals surface area contributed by atoms with Crippen LogP contribution in [0.5, 0.6) is 0 Å². The molecule has 0 saturated carbocycles. The van der Waals surface area contributed by atoms with Crippen LogP contribution >= 0.6 is 0 Å². The number of nitrogens with one attached hydrogen (secondary N) is 2. The molecule has 0 aromatic rings. The Bertz CT molecular complexity index is 1100. The molecule has 2 amide bonds. The SMILES string of the molecule is CC1=C/C=C\C=C/C=C\[C@H](C)CNC(=O)/C(C)=C/C=C\C(C)=C/C=C\C=C/C=C\[C@H](C)CNC(=O)\C(C)=C/C=C\1. The van der Waals surface area contributed by atoms with Crippen molar-refractivity contribution in [1.29, 1.82) is 0 Å². The molecule has 2 atom stereocenters. The smallest absolute Gasteiger partial charge is 0.246 e. The van der Waals surface area contributed by atoms with E-state index in [0.29, 0.717) is 24.2 Å². The highest BCUT2D eigenvalue weighted by molar-refractivity contribution is 5.93. The van der Waals surface area contributed by atoms with Crippen LogP contribution in [0.3, 0.4) is 0 Å². The fourth-order valence-corrected chi connectivity index (χ4v) is 3.18. The molecule has 4 heteroatoms. The minimum Gasteiger partial charge on any atom is -0.352 e. The summed E-state index contributed by atoms with van der Waals surface area (Å²) in [7, 11) is 0. The normalized spacial score (nSPS) is 33.0. The number of carbonyl (C=O) groups is 2. The number of hydrogen-bond acceptors (Lipinski definition) is 2. The highest BCUT2D eigenvalue weighted by Gasteiger charge is 2.05. The van der Waals surface area contributed by atoms with E-state index in [9.17, 15) is 9.59 Å². The summed E-state index contributed by atoms with van der Waals surface area (Å²) in [6, 6.07) is 0. The molecule has 2 N–H and O–H groups in total. The molecule has 1 aliphatic rings. The highest BCUT2D eigenvalue weighted by atomic mass is 16.2. The molecule has 1 heterocycles. The van der Waals surface area contributed by atoms with Crippen LogP contribution in [0.25, 0.3) is 0 Å². The van der Waals surface area contributed by atoms with Gasteiger partial charge in [0.25, 0.3) is 0 Å². The zero-order chi connectivity index (χ0) is 29.6. The second-order valence-electron chi connectivity index (χ2n) is 9.92. The second kappa shape index (κ2) is 20.7. The predicted molar refractivity (Wildman–Crippen MR) is 172 cm³/mol. The first-order valence-corrected chi connectivity index (χ1v) is 13.8. The van der Waals surface area contributed by atoms with Crippen LogP contribution in [0.1, 0.15) is 41.5 Å². The van der Waals surface area contributed by atoms with Gasteiger partial charge in [0.1, 0.15) is 0 Å². The topological polar surface area (TPSA) is 58.2 Å². The second-order valence-corrected chi connectivity index (χ2v) is 9.92. The van der Waals surface area contributed by atoms with Crippen molar-refractivity contribution in [1.82, 2.24) is 10.6 Å². The predicted octanol–water partition coefficient (Wildman–Crippen LogP) is 7.74. The third-order valence-electron chi connectivity index (χ3n) is 5.78. The standard InChI is InChI=1S/C36H46N2O2/c1-29-19-13-9-7-11-15-21-31(3)28-38-36(40)34(6)26-18-24-30(2)20-14-10-8-12-16-22-32(4)27-37-35(39)33(5)25-17-23-29/h7-26,31-32H,27-28H2,1-6H3,(H,37,39)(H,38,40)/b11-7-,12-8-,13-9-,14-10-,21-15-,22-16-,23-17-,24-18-,29-19-,30-20-,33-25-,34-26+/t31-,32-/m0/s1. The molecule has 40 heavy (non-hydrogen) atoms. The van der Waals surface area contributed by atoms with Gasteiger partial charge in [0.05, 0.1) is 0 Å². The van der Waals surface area contributed by atoms with Gasteiger partial charge in [0.15, 0.2) is 0 Å². The quantitative estimate of drug-likeness (QED) is 0.331. The van der Waals surface area contributed by atoms with Crippen LogP contribution in [-0.4, -0.2) is 24.9 Å². The Balaban J connectivity index is 2.96. The highest BCUT2D eigenvalue weighted by Crippen LogP contribution is 2.03. The lowest BCUT2D eigenvalue weighted by atomic mass is 10.1. The Kier molecular flexibility index (Phi) is 17.6. The van der Waals surface area contributed by atoms with Crippen molar-refractivity contribution in [2.75, 3.05) is 13.1 Å². The lowest BCUT2D eigenvalue weighted by molar-refractivity contribution is -0.118. The molecule has 4 nitrogen and oxygen atoms in total. The van der Waals surface area contributed by atoms with Crippen LogP contribution in [0.2, 0.25) is 0 Å². The van der Waals surface area contributed by atoms with E-state index in [1.807, 2.05) is 137 Å². The zero-order valence-corrected chi connectivity index (χ0v) is 24.9. The maximum absolute atomic E-state index is 12.4. The van der Waals surface area contributed by atoms with Gasteiger partial charge in [-0.05, 0) is 39.5 Å². The Hall–Kier alpha value is -4.18. The van der Waals surface area contributed by atoms with Crippen molar-refractivity contribution in [3.8, 4) is 0 Å². The molecule has 0 saturated heterocycles. The van der Waals surface area contributed by atoms with Crippen LogP contribution in [0.4, 0.5) is 0 Å². The first-order valence-electron chi connectivity index (χ1n) is 13.8. The molecule has 1 rings (SSSR count). The summed E-state index contributed by atoms with van der Waals surface area (Å²) in [6.07, 6.45) is 39.2. The summed E-state index contributed by atoms with van der Waals surface area (Å²) in [4.78, 5) is 24.7. The van der Waals surface area contributed by atoms with Crippen molar-refractivity contribution in [2.24, 2.45) is 11.8 Å². The van der Waals surface area contributed by atoms with Gasteiger partial charge in [-0.1, -0.05) is 147 Å². The van der Waals surface area contributed by atoms with E-state index in [1.165, 1.54) is 0 Å². The third-order valence-corrected chi connectivity index (χ3v) is 5.78. The number of allylic oxidation sites excluding steroid dienone is 20. The van der Waals surface area contributed by atoms with Gasteiger partial charge in [-0.2, -0.15) is 0 Å². The molecule has 0 spiro atoms. The Morgan fingerprint density at radius 3 is 1.25 bits per heavy atom. The van der Waals surface area contributed by atoms with E-state index >= 15 is 0 Å². The summed E-state index contributed by atoms with van der Waals surface area (Å²) in [5.74, 6) is 0.303. The lowest BCUT2D eigenvalue weighted by Crippen LogP contribution is -2.28. The largest absolute Gasteiger partial charge is 0.352 e.